The van der Waals surface area contributed by atoms with Crippen molar-refractivity contribution < 1.29 is 13.2 Å². The van der Waals surface area contributed by atoms with Crippen molar-refractivity contribution >= 4 is 29.1 Å². The molecule has 0 atom stereocenters. The molecule has 0 saturated heterocycles. The molecule has 9 heteroatoms. The third kappa shape index (κ3) is 5.55. The van der Waals surface area contributed by atoms with Gasteiger partial charge in [0, 0.05) is 17.3 Å². The monoisotopic (exact) mass is 393 g/mol. The molecule has 0 aliphatic rings. The summed E-state index contributed by atoms with van der Waals surface area (Å²) in [4.78, 5) is 4.21. The van der Waals surface area contributed by atoms with E-state index in [-0.39, 0.29) is 11.6 Å². The molecule has 3 rings (SSSR count). The molecule has 2 N–H and O–H groups in total. The largest absolute Gasteiger partial charge is 0.416 e. The van der Waals surface area contributed by atoms with Gasteiger partial charge in [0.2, 0.25) is 5.95 Å². The first-order valence-electron chi connectivity index (χ1n) is 8.02. The SMILES string of the molecule is FC(F)(F)c1cccc(Nc2cnnc(NCCc3ccc(Cl)cc3)n2)c1. The average Bonchev–Trinajstić information content (AvgIpc) is 2.63. The first-order chi connectivity index (χ1) is 12.9. The molecule has 0 radical (unpaired) electrons. The molecule has 1 aromatic heterocycles. The van der Waals surface area contributed by atoms with Gasteiger partial charge in [0.15, 0.2) is 5.82 Å². The number of halogens is 4. The summed E-state index contributed by atoms with van der Waals surface area (Å²) in [5.41, 5.74) is 0.617. The number of rotatable bonds is 6. The van der Waals surface area contributed by atoms with E-state index in [0.717, 1.165) is 24.1 Å². The van der Waals surface area contributed by atoms with E-state index in [1.807, 2.05) is 24.3 Å². The molecule has 0 saturated carbocycles. The van der Waals surface area contributed by atoms with Gasteiger partial charge in [-0.25, -0.2) is 0 Å². The normalized spacial score (nSPS) is 11.3. The van der Waals surface area contributed by atoms with Crippen LogP contribution in [0.3, 0.4) is 0 Å². The molecule has 0 aliphatic heterocycles. The molecule has 2 aromatic carbocycles. The van der Waals surface area contributed by atoms with E-state index in [4.69, 9.17) is 11.6 Å². The maximum Gasteiger partial charge on any atom is 0.416 e. The third-order valence-corrected chi connectivity index (χ3v) is 3.88. The van der Waals surface area contributed by atoms with Crippen molar-refractivity contribution in [3.8, 4) is 0 Å². The van der Waals surface area contributed by atoms with E-state index in [2.05, 4.69) is 25.8 Å². The quantitative estimate of drug-likeness (QED) is 0.621. The fourth-order valence-corrected chi connectivity index (χ4v) is 2.46. The van der Waals surface area contributed by atoms with Gasteiger partial charge in [0.25, 0.3) is 0 Å². The predicted octanol–water partition coefficient (Wildman–Crippen LogP) is 4.94. The number of nitrogens with one attached hydrogen (secondary N) is 2. The number of benzene rings is 2. The highest BCUT2D eigenvalue weighted by molar-refractivity contribution is 6.30. The Hall–Kier alpha value is -2.87. The van der Waals surface area contributed by atoms with E-state index < -0.39 is 11.7 Å². The highest BCUT2D eigenvalue weighted by Gasteiger charge is 2.30. The second-order valence-corrected chi connectivity index (χ2v) is 6.11. The van der Waals surface area contributed by atoms with Crippen LogP contribution in [-0.2, 0) is 12.6 Å². The molecule has 3 aromatic rings. The van der Waals surface area contributed by atoms with Crippen LogP contribution in [-0.4, -0.2) is 21.7 Å². The number of hydrogen-bond acceptors (Lipinski definition) is 5. The van der Waals surface area contributed by atoms with Gasteiger partial charge < -0.3 is 10.6 Å². The molecular weight excluding hydrogens is 379 g/mol. The summed E-state index contributed by atoms with van der Waals surface area (Å²) < 4.78 is 38.4. The van der Waals surface area contributed by atoms with Gasteiger partial charge in [-0.05, 0) is 42.3 Å². The Labute approximate surface area is 158 Å². The van der Waals surface area contributed by atoms with Crippen LogP contribution >= 0.6 is 11.6 Å². The Morgan fingerprint density at radius 3 is 2.56 bits per heavy atom. The smallest absolute Gasteiger partial charge is 0.353 e. The number of alkyl halides is 3. The summed E-state index contributed by atoms with van der Waals surface area (Å²) in [6.07, 6.45) is -2.34. The van der Waals surface area contributed by atoms with E-state index >= 15 is 0 Å². The number of nitrogens with zero attached hydrogens (tertiary/aromatic N) is 3. The van der Waals surface area contributed by atoms with Crippen LogP contribution in [0.5, 0.6) is 0 Å². The zero-order valence-corrected chi connectivity index (χ0v) is 14.7. The summed E-state index contributed by atoms with van der Waals surface area (Å²) in [6.45, 7) is 0.566. The topological polar surface area (TPSA) is 62.7 Å². The van der Waals surface area contributed by atoms with Gasteiger partial charge in [-0.2, -0.15) is 23.3 Å². The second kappa shape index (κ2) is 8.22. The fraction of sp³-hybridized carbons (Fsp3) is 0.167. The summed E-state index contributed by atoms with van der Waals surface area (Å²) in [6, 6.07) is 12.3. The molecule has 140 valence electrons. The van der Waals surface area contributed by atoms with E-state index in [0.29, 0.717) is 17.4 Å². The summed E-state index contributed by atoms with van der Waals surface area (Å²) in [5, 5.41) is 14.2. The van der Waals surface area contributed by atoms with Crippen molar-refractivity contribution in [1.29, 1.82) is 0 Å². The minimum atomic E-state index is -4.41. The molecule has 0 bridgehead atoms. The third-order valence-electron chi connectivity index (χ3n) is 3.63. The summed E-state index contributed by atoms with van der Waals surface area (Å²) in [5.74, 6) is 0.569. The van der Waals surface area contributed by atoms with Crippen LogP contribution in [0.4, 0.5) is 30.6 Å². The Kier molecular flexibility index (Phi) is 5.75. The average molecular weight is 394 g/mol. The highest BCUT2D eigenvalue weighted by atomic mass is 35.5. The molecule has 5 nitrogen and oxygen atoms in total. The van der Waals surface area contributed by atoms with Crippen LogP contribution in [0.15, 0.2) is 54.7 Å². The minimum absolute atomic E-state index is 0.262. The van der Waals surface area contributed by atoms with Crippen LogP contribution in [0.25, 0.3) is 0 Å². The first kappa shape index (κ1) is 18.9. The molecule has 27 heavy (non-hydrogen) atoms. The van der Waals surface area contributed by atoms with Crippen LogP contribution in [0.2, 0.25) is 5.02 Å². The molecule has 0 aliphatic carbocycles. The van der Waals surface area contributed by atoms with Crippen molar-refractivity contribution in [2.24, 2.45) is 0 Å². The van der Waals surface area contributed by atoms with Gasteiger partial charge in [-0.3, -0.25) is 0 Å². The van der Waals surface area contributed by atoms with E-state index in [1.54, 1.807) is 0 Å². The Bertz CT molecular complexity index is 900. The van der Waals surface area contributed by atoms with Gasteiger partial charge in [-0.15, -0.1) is 5.10 Å². The lowest BCUT2D eigenvalue weighted by Gasteiger charge is -2.10. The summed E-state index contributed by atoms with van der Waals surface area (Å²) in [7, 11) is 0. The van der Waals surface area contributed by atoms with Gasteiger partial charge >= 0.3 is 6.18 Å². The zero-order valence-electron chi connectivity index (χ0n) is 14.0. The van der Waals surface area contributed by atoms with Crippen LogP contribution in [0, 0.1) is 0 Å². The Morgan fingerprint density at radius 1 is 1.04 bits per heavy atom. The van der Waals surface area contributed by atoms with Crippen LogP contribution < -0.4 is 10.6 Å². The van der Waals surface area contributed by atoms with Crippen molar-refractivity contribution in [3.63, 3.8) is 0 Å². The standard InChI is InChI=1S/C18H15ClF3N5/c19-14-6-4-12(5-7-14)8-9-23-17-26-16(11-24-27-17)25-15-3-1-2-13(10-15)18(20,21)22/h1-7,10-11H,8-9H2,(H2,23,25,26,27). The van der Waals surface area contributed by atoms with Crippen molar-refractivity contribution in [1.82, 2.24) is 15.2 Å². The second-order valence-electron chi connectivity index (χ2n) is 5.67. The molecule has 0 unspecified atom stereocenters. The fourth-order valence-electron chi connectivity index (χ4n) is 2.33. The number of anilines is 3. The Balaban J connectivity index is 1.61. The van der Waals surface area contributed by atoms with E-state index in [1.165, 1.54) is 18.3 Å². The van der Waals surface area contributed by atoms with E-state index in [9.17, 15) is 13.2 Å². The molecule has 1 heterocycles. The lowest BCUT2D eigenvalue weighted by molar-refractivity contribution is -0.137. The highest BCUT2D eigenvalue weighted by Crippen LogP contribution is 2.31. The maximum atomic E-state index is 12.8. The Morgan fingerprint density at radius 2 is 1.81 bits per heavy atom. The lowest BCUT2D eigenvalue weighted by atomic mass is 10.1. The first-order valence-corrected chi connectivity index (χ1v) is 8.40. The van der Waals surface area contributed by atoms with Crippen molar-refractivity contribution in [3.05, 3.63) is 70.9 Å². The predicted molar refractivity (Wildman–Crippen MR) is 98.2 cm³/mol. The number of hydrogen-bond donors (Lipinski definition) is 2. The molecule has 0 amide bonds. The van der Waals surface area contributed by atoms with Crippen molar-refractivity contribution in [2.75, 3.05) is 17.2 Å². The minimum Gasteiger partial charge on any atom is -0.353 e. The van der Waals surface area contributed by atoms with Crippen LogP contribution in [0.1, 0.15) is 11.1 Å². The van der Waals surface area contributed by atoms with Gasteiger partial charge in [-0.1, -0.05) is 29.8 Å². The zero-order chi connectivity index (χ0) is 19.3. The molecule has 0 spiro atoms. The molecular formula is C18H15ClF3N5. The number of aromatic nitrogens is 3. The maximum absolute atomic E-state index is 12.8. The van der Waals surface area contributed by atoms with Gasteiger partial charge in [0.1, 0.15) is 0 Å². The summed E-state index contributed by atoms with van der Waals surface area (Å²) >= 11 is 5.85. The lowest BCUT2D eigenvalue weighted by Crippen LogP contribution is -2.10. The van der Waals surface area contributed by atoms with Crippen molar-refractivity contribution in [2.45, 2.75) is 12.6 Å². The molecule has 0 fully saturated rings. The van der Waals surface area contributed by atoms with Gasteiger partial charge in [0.05, 0.1) is 11.8 Å².